The van der Waals surface area contributed by atoms with E-state index in [4.69, 9.17) is 0 Å². The van der Waals surface area contributed by atoms with Crippen LogP contribution in [0.1, 0.15) is 54.4 Å². The first-order valence-electron chi connectivity index (χ1n) is 12.8. The Morgan fingerprint density at radius 1 is 0.917 bits per heavy atom. The van der Waals surface area contributed by atoms with Gasteiger partial charge in [-0.1, -0.05) is 67.0 Å². The van der Waals surface area contributed by atoms with Gasteiger partial charge in [0.15, 0.2) is 5.13 Å². The van der Waals surface area contributed by atoms with E-state index in [1.165, 1.54) is 34.1 Å². The molecule has 0 bridgehead atoms. The van der Waals surface area contributed by atoms with Crippen LogP contribution >= 0.6 is 11.3 Å². The average Bonchev–Trinajstić information content (AvgIpc) is 3.32. The van der Waals surface area contributed by atoms with E-state index in [1.54, 1.807) is 6.07 Å². The normalized spacial score (nSPS) is 14.2. The van der Waals surface area contributed by atoms with Gasteiger partial charge in [0.25, 0.3) is 5.91 Å². The summed E-state index contributed by atoms with van der Waals surface area (Å²) in [5.74, 6) is 0.0720. The summed E-state index contributed by atoms with van der Waals surface area (Å²) in [5, 5.41) is 12.6. The smallest absolute Gasteiger partial charge is 0.251 e. The number of aromatic nitrogens is 1. The summed E-state index contributed by atoms with van der Waals surface area (Å²) < 4.78 is 0.902. The molecule has 4 aromatic rings. The number of anilines is 1. The van der Waals surface area contributed by atoms with Crippen LogP contribution in [0, 0.1) is 5.92 Å². The van der Waals surface area contributed by atoms with E-state index in [9.17, 15) is 9.59 Å². The first kappa shape index (κ1) is 24.4. The van der Waals surface area contributed by atoms with Gasteiger partial charge in [0, 0.05) is 24.6 Å². The maximum Gasteiger partial charge on any atom is 0.251 e. The van der Waals surface area contributed by atoms with Crippen molar-refractivity contribution in [1.29, 1.82) is 0 Å². The second kappa shape index (κ2) is 11.6. The molecule has 0 atom stereocenters. The molecule has 0 saturated heterocycles. The van der Waals surface area contributed by atoms with Crippen molar-refractivity contribution in [1.82, 2.24) is 15.6 Å². The van der Waals surface area contributed by atoms with Gasteiger partial charge in [-0.05, 0) is 66.4 Å². The minimum absolute atomic E-state index is 0.0703. The lowest BCUT2D eigenvalue weighted by molar-refractivity contribution is -0.120. The molecule has 1 aliphatic rings. The van der Waals surface area contributed by atoms with Crippen LogP contribution in [0.25, 0.3) is 21.0 Å². The highest BCUT2D eigenvalue weighted by atomic mass is 32.1. The third-order valence-electron chi connectivity index (χ3n) is 6.82. The summed E-state index contributed by atoms with van der Waals surface area (Å²) in [6.07, 6.45) is 6.23. The van der Waals surface area contributed by atoms with E-state index in [0.29, 0.717) is 17.2 Å². The monoisotopic (exact) mass is 500 g/mol. The predicted octanol–water partition coefficient (Wildman–Crippen LogP) is 5.88. The van der Waals surface area contributed by atoms with Gasteiger partial charge in [-0.2, -0.15) is 0 Å². The Bertz CT molecular complexity index is 1360. The van der Waals surface area contributed by atoms with Crippen LogP contribution in [0.2, 0.25) is 0 Å². The molecule has 1 heterocycles. The number of nitrogens with one attached hydrogen (secondary N) is 3. The van der Waals surface area contributed by atoms with E-state index in [0.717, 1.165) is 55.4 Å². The van der Waals surface area contributed by atoms with Crippen LogP contribution in [0.3, 0.4) is 0 Å². The molecule has 1 fully saturated rings. The van der Waals surface area contributed by atoms with Crippen LogP contribution in [0.15, 0.2) is 60.7 Å². The van der Waals surface area contributed by atoms with Gasteiger partial charge in [0.2, 0.25) is 5.91 Å². The number of carbonyl (C=O) groups is 2. The fraction of sp³-hybridized carbons (Fsp3) is 0.345. The Kier molecular flexibility index (Phi) is 7.88. The van der Waals surface area contributed by atoms with Crippen molar-refractivity contribution >= 4 is 49.3 Å². The standard InChI is InChI=1S/C29H32N4O2S/c34-27(31-16-6-15-30-19-20-11-12-21-7-4-5-10-23(21)17-20)24-13-14-25-26(18-24)36-29(32-25)33-28(35)22-8-2-1-3-9-22/h4-5,7,10-14,17-18,22,30H,1-3,6,8-9,15-16,19H2,(H,31,34)(H,32,33,35). The lowest BCUT2D eigenvalue weighted by atomic mass is 9.89. The van der Waals surface area contributed by atoms with Crippen molar-refractivity contribution in [2.24, 2.45) is 5.92 Å². The minimum atomic E-state index is -0.0902. The van der Waals surface area contributed by atoms with E-state index >= 15 is 0 Å². The highest BCUT2D eigenvalue weighted by Crippen LogP contribution is 2.29. The molecule has 1 aromatic heterocycles. The Hall–Kier alpha value is -3.29. The number of benzene rings is 3. The molecule has 0 aliphatic heterocycles. The first-order valence-corrected chi connectivity index (χ1v) is 13.7. The minimum Gasteiger partial charge on any atom is -0.352 e. The van der Waals surface area contributed by atoms with Crippen LogP contribution in [0.4, 0.5) is 5.13 Å². The van der Waals surface area contributed by atoms with Crippen LogP contribution < -0.4 is 16.0 Å². The van der Waals surface area contributed by atoms with E-state index in [2.05, 4.69) is 63.4 Å². The molecule has 2 amide bonds. The summed E-state index contributed by atoms with van der Waals surface area (Å²) in [7, 11) is 0. The summed E-state index contributed by atoms with van der Waals surface area (Å²) >= 11 is 1.42. The summed E-state index contributed by atoms with van der Waals surface area (Å²) in [5.41, 5.74) is 2.67. The van der Waals surface area contributed by atoms with Crippen molar-refractivity contribution in [2.45, 2.75) is 45.1 Å². The Labute approximate surface area is 215 Å². The largest absolute Gasteiger partial charge is 0.352 e. The molecule has 0 unspecified atom stereocenters. The molecule has 36 heavy (non-hydrogen) atoms. The van der Waals surface area contributed by atoms with Crippen molar-refractivity contribution in [2.75, 3.05) is 18.4 Å². The number of fused-ring (bicyclic) bond motifs is 2. The maximum absolute atomic E-state index is 12.6. The molecule has 5 rings (SSSR count). The van der Waals surface area contributed by atoms with Crippen LogP contribution in [0.5, 0.6) is 0 Å². The van der Waals surface area contributed by atoms with E-state index in [-0.39, 0.29) is 17.7 Å². The second-order valence-corrected chi connectivity index (χ2v) is 10.5. The van der Waals surface area contributed by atoms with Gasteiger partial charge >= 0.3 is 0 Å². The number of rotatable bonds is 9. The molecular formula is C29H32N4O2S. The van der Waals surface area contributed by atoms with Crippen molar-refractivity contribution in [3.63, 3.8) is 0 Å². The number of hydrogen-bond donors (Lipinski definition) is 3. The number of thiazole rings is 1. The van der Waals surface area contributed by atoms with E-state index in [1.807, 2.05) is 12.1 Å². The van der Waals surface area contributed by atoms with Crippen LogP contribution in [-0.4, -0.2) is 29.9 Å². The predicted molar refractivity (Wildman–Crippen MR) is 147 cm³/mol. The summed E-state index contributed by atoms with van der Waals surface area (Å²) in [6.45, 7) is 2.23. The molecule has 6 nitrogen and oxygen atoms in total. The number of carbonyl (C=O) groups excluding carboxylic acids is 2. The zero-order valence-electron chi connectivity index (χ0n) is 20.4. The third kappa shape index (κ3) is 6.09. The zero-order chi connectivity index (χ0) is 24.7. The molecule has 1 saturated carbocycles. The van der Waals surface area contributed by atoms with Crippen molar-refractivity contribution < 1.29 is 9.59 Å². The highest BCUT2D eigenvalue weighted by molar-refractivity contribution is 7.22. The lowest BCUT2D eigenvalue weighted by Crippen LogP contribution is -2.27. The highest BCUT2D eigenvalue weighted by Gasteiger charge is 2.22. The van der Waals surface area contributed by atoms with Crippen molar-refractivity contribution in [3.8, 4) is 0 Å². The third-order valence-corrected chi connectivity index (χ3v) is 7.75. The van der Waals surface area contributed by atoms with Gasteiger partial charge < -0.3 is 16.0 Å². The SMILES string of the molecule is O=C(NCCCNCc1ccc2ccccc2c1)c1ccc2nc(NC(=O)C3CCCCC3)sc2c1. The van der Waals surface area contributed by atoms with E-state index < -0.39 is 0 Å². The molecule has 186 valence electrons. The number of amides is 2. The van der Waals surface area contributed by atoms with Gasteiger partial charge in [-0.25, -0.2) is 4.98 Å². The quantitative estimate of drug-likeness (QED) is 0.251. The van der Waals surface area contributed by atoms with Gasteiger partial charge in [0.05, 0.1) is 10.2 Å². The molecular weight excluding hydrogens is 468 g/mol. The van der Waals surface area contributed by atoms with Gasteiger partial charge in [-0.3, -0.25) is 9.59 Å². The second-order valence-electron chi connectivity index (χ2n) is 9.49. The van der Waals surface area contributed by atoms with Crippen LogP contribution in [-0.2, 0) is 11.3 Å². The Balaban J connectivity index is 1.06. The number of hydrogen-bond acceptors (Lipinski definition) is 5. The van der Waals surface area contributed by atoms with Crippen molar-refractivity contribution in [3.05, 3.63) is 71.8 Å². The maximum atomic E-state index is 12.6. The average molecular weight is 501 g/mol. The summed E-state index contributed by atoms with van der Waals surface area (Å²) in [4.78, 5) is 29.7. The molecule has 1 aliphatic carbocycles. The molecule has 0 spiro atoms. The Morgan fingerprint density at radius 3 is 2.61 bits per heavy atom. The molecule has 0 radical (unpaired) electrons. The molecule has 3 aromatic carbocycles. The number of nitrogens with zero attached hydrogens (tertiary/aromatic N) is 1. The van der Waals surface area contributed by atoms with Gasteiger partial charge in [0.1, 0.15) is 0 Å². The zero-order valence-corrected chi connectivity index (χ0v) is 21.2. The Morgan fingerprint density at radius 2 is 1.75 bits per heavy atom. The molecule has 3 N–H and O–H groups in total. The summed E-state index contributed by atoms with van der Waals surface area (Å²) in [6, 6.07) is 20.4. The lowest BCUT2D eigenvalue weighted by Gasteiger charge is -2.19. The fourth-order valence-electron chi connectivity index (χ4n) is 4.79. The first-order chi connectivity index (χ1) is 17.7. The fourth-order valence-corrected chi connectivity index (χ4v) is 5.70. The molecule has 7 heteroatoms. The topological polar surface area (TPSA) is 83.1 Å². The van der Waals surface area contributed by atoms with Gasteiger partial charge in [-0.15, -0.1) is 0 Å².